The van der Waals surface area contributed by atoms with Crippen LogP contribution >= 0.6 is 0 Å². The summed E-state index contributed by atoms with van der Waals surface area (Å²) in [4.78, 5) is 10.8. The number of hydrogen-bond acceptors (Lipinski definition) is 4. The van der Waals surface area contributed by atoms with E-state index in [1.165, 1.54) is 18.2 Å². The molecule has 0 aromatic heterocycles. The quantitative estimate of drug-likeness (QED) is 0.817. The fraction of sp³-hybridized carbons (Fsp3) is 0. The summed E-state index contributed by atoms with van der Waals surface area (Å²) in [5.41, 5.74) is 1.84. The Morgan fingerprint density at radius 1 is 1.05 bits per heavy atom. The average Bonchev–Trinajstić information content (AvgIpc) is 2.45. The van der Waals surface area contributed by atoms with Crippen molar-refractivity contribution in [3.8, 4) is 5.75 Å². The maximum absolute atomic E-state index is 10.8. The Balaban J connectivity index is 2.20. The van der Waals surface area contributed by atoms with Crippen LogP contribution in [0.2, 0.25) is 0 Å². The number of phenols is 1. The van der Waals surface area contributed by atoms with E-state index in [-0.39, 0.29) is 11.3 Å². The molecule has 0 spiro atoms. The van der Waals surface area contributed by atoms with E-state index in [9.17, 15) is 9.90 Å². The lowest BCUT2D eigenvalue weighted by Crippen LogP contribution is -1.95. The predicted molar refractivity (Wildman–Crippen MR) is 75.8 cm³/mol. The second-order valence-electron chi connectivity index (χ2n) is 4.00. The van der Waals surface area contributed by atoms with E-state index in [0.717, 1.165) is 5.56 Å². The van der Waals surface area contributed by atoms with E-state index >= 15 is 0 Å². The summed E-state index contributed by atoms with van der Waals surface area (Å²) in [5.74, 6) is -1.53. The monoisotopic (exact) mass is 268 g/mol. The summed E-state index contributed by atoms with van der Waals surface area (Å²) in [6, 6.07) is 11.3. The van der Waals surface area contributed by atoms with Gasteiger partial charge in [-0.25, -0.2) is 4.79 Å². The molecular formula is C15H12N2O3. The molecule has 2 N–H and O–H groups in total. The fourth-order valence-corrected chi connectivity index (χ4v) is 1.56. The minimum absolute atomic E-state index is 0.167. The summed E-state index contributed by atoms with van der Waals surface area (Å²) in [6.07, 6.45) is 1.73. The van der Waals surface area contributed by atoms with Crippen LogP contribution in [-0.4, -0.2) is 16.2 Å². The molecule has 20 heavy (non-hydrogen) atoms. The molecule has 0 saturated carbocycles. The van der Waals surface area contributed by atoms with Crippen LogP contribution in [0.5, 0.6) is 5.75 Å². The van der Waals surface area contributed by atoms with Gasteiger partial charge in [-0.1, -0.05) is 24.8 Å². The summed E-state index contributed by atoms with van der Waals surface area (Å²) in [5, 5.41) is 26.3. The van der Waals surface area contributed by atoms with Crippen LogP contribution in [0.25, 0.3) is 6.08 Å². The number of nitrogens with zero attached hydrogens (tertiary/aromatic N) is 2. The normalized spacial score (nSPS) is 10.6. The van der Waals surface area contributed by atoms with Crippen molar-refractivity contribution in [2.45, 2.75) is 0 Å². The number of benzene rings is 2. The highest BCUT2D eigenvalue weighted by Crippen LogP contribution is 2.25. The Kier molecular flexibility index (Phi) is 3.91. The third kappa shape index (κ3) is 3.08. The third-order valence-corrected chi connectivity index (χ3v) is 2.62. The van der Waals surface area contributed by atoms with Gasteiger partial charge >= 0.3 is 5.97 Å². The van der Waals surface area contributed by atoms with Crippen molar-refractivity contribution < 1.29 is 15.0 Å². The number of rotatable bonds is 4. The van der Waals surface area contributed by atoms with Crippen molar-refractivity contribution in [2.75, 3.05) is 0 Å². The maximum atomic E-state index is 10.8. The highest BCUT2D eigenvalue weighted by Gasteiger charge is 2.09. The smallest absolute Gasteiger partial charge is 0.339 e. The Hall–Kier alpha value is -2.95. The van der Waals surface area contributed by atoms with Gasteiger partial charge in [0.25, 0.3) is 0 Å². The van der Waals surface area contributed by atoms with Gasteiger partial charge < -0.3 is 10.2 Å². The Bertz CT molecular complexity index is 676. The first-order valence-corrected chi connectivity index (χ1v) is 5.80. The lowest BCUT2D eigenvalue weighted by atomic mass is 10.2. The summed E-state index contributed by atoms with van der Waals surface area (Å²) in [7, 11) is 0. The highest BCUT2D eigenvalue weighted by molar-refractivity contribution is 5.91. The van der Waals surface area contributed by atoms with Crippen molar-refractivity contribution in [2.24, 2.45) is 10.2 Å². The minimum Gasteiger partial charge on any atom is -0.507 e. The second kappa shape index (κ2) is 5.79. The topological polar surface area (TPSA) is 82.2 Å². The van der Waals surface area contributed by atoms with Crippen LogP contribution in [0.1, 0.15) is 15.9 Å². The fourth-order valence-electron chi connectivity index (χ4n) is 1.56. The number of carboxylic acids is 1. The number of hydrogen-bond donors (Lipinski definition) is 2. The first kappa shape index (κ1) is 13.5. The van der Waals surface area contributed by atoms with Crippen molar-refractivity contribution >= 4 is 23.4 Å². The highest BCUT2D eigenvalue weighted by atomic mass is 16.4. The standard InChI is InChI=1S/C15H12N2O3/c1-2-10-3-5-11(6-4-10)16-17-12-7-8-13(15(19)20)14(18)9-12/h2-9,18H,1H2,(H,19,20). The van der Waals surface area contributed by atoms with Crippen molar-refractivity contribution in [1.29, 1.82) is 0 Å². The first-order chi connectivity index (χ1) is 9.60. The number of aromatic hydroxyl groups is 1. The van der Waals surface area contributed by atoms with E-state index in [1.807, 2.05) is 12.1 Å². The van der Waals surface area contributed by atoms with E-state index < -0.39 is 5.97 Å². The molecule has 5 nitrogen and oxygen atoms in total. The van der Waals surface area contributed by atoms with E-state index in [2.05, 4.69) is 16.8 Å². The van der Waals surface area contributed by atoms with Crippen LogP contribution in [0, 0.1) is 0 Å². The second-order valence-corrected chi connectivity index (χ2v) is 4.00. The molecule has 100 valence electrons. The number of azo groups is 1. The lowest BCUT2D eigenvalue weighted by Gasteiger charge is -1.99. The van der Waals surface area contributed by atoms with Crippen LogP contribution < -0.4 is 0 Å². The molecule has 2 aromatic carbocycles. The molecule has 0 aliphatic heterocycles. The molecule has 0 saturated heterocycles. The van der Waals surface area contributed by atoms with Gasteiger partial charge in [0.05, 0.1) is 11.4 Å². The number of carboxylic acid groups (broad SMARTS) is 1. The molecule has 5 heteroatoms. The van der Waals surface area contributed by atoms with Crippen LogP contribution in [0.4, 0.5) is 11.4 Å². The van der Waals surface area contributed by atoms with Gasteiger partial charge in [-0.15, -0.1) is 0 Å². The molecule has 2 aromatic rings. The minimum atomic E-state index is -1.19. The SMILES string of the molecule is C=Cc1ccc(N=Nc2ccc(C(=O)O)c(O)c2)cc1. The van der Waals surface area contributed by atoms with Gasteiger partial charge in [0.2, 0.25) is 0 Å². The van der Waals surface area contributed by atoms with Gasteiger partial charge in [-0.3, -0.25) is 0 Å². The van der Waals surface area contributed by atoms with Gasteiger partial charge in [-0.2, -0.15) is 10.2 Å². The zero-order valence-electron chi connectivity index (χ0n) is 10.5. The molecule has 0 atom stereocenters. The number of aromatic carboxylic acids is 1. The molecular weight excluding hydrogens is 256 g/mol. The maximum Gasteiger partial charge on any atom is 0.339 e. The molecule has 0 unspecified atom stereocenters. The Labute approximate surface area is 115 Å². The van der Waals surface area contributed by atoms with Crippen molar-refractivity contribution in [3.05, 3.63) is 60.2 Å². The Morgan fingerprint density at radius 3 is 2.20 bits per heavy atom. The van der Waals surface area contributed by atoms with E-state index in [1.54, 1.807) is 18.2 Å². The predicted octanol–water partition coefficient (Wildman–Crippen LogP) is 4.15. The zero-order valence-corrected chi connectivity index (χ0v) is 10.5. The molecule has 0 aliphatic rings. The summed E-state index contributed by atoms with van der Waals surface area (Å²) >= 11 is 0. The van der Waals surface area contributed by atoms with Gasteiger partial charge in [0.15, 0.2) is 0 Å². The lowest BCUT2D eigenvalue weighted by molar-refractivity contribution is 0.0694. The van der Waals surface area contributed by atoms with Crippen molar-refractivity contribution in [3.63, 3.8) is 0 Å². The molecule has 2 rings (SSSR count). The summed E-state index contributed by atoms with van der Waals surface area (Å²) in [6.45, 7) is 3.66. The number of carbonyl (C=O) groups is 1. The van der Waals surface area contributed by atoms with Gasteiger partial charge in [0.1, 0.15) is 11.3 Å². The Morgan fingerprint density at radius 2 is 1.65 bits per heavy atom. The average molecular weight is 268 g/mol. The molecule has 0 bridgehead atoms. The third-order valence-electron chi connectivity index (χ3n) is 2.62. The molecule has 0 radical (unpaired) electrons. The van der Waals surface area contributed by atoms with Crippen LogP contribution in [0.3, 0.4) is 0 Å². The largest absolute Gasteiger partial charge is 0.507 e. The van der Waals surface area contributed by atoms with Crippen molar-refractivity contribution in [1.82, 2.24) is 0 Å². The first-order valence-electron chi connectivity index (χ1n) is 5.80. The molecule has 0 heterocycles. The molecule has 0 fully saturated rings. The van der Waals surface area contributed by atoms with Gasteiger partial charge in [0, 0.05) is 6.07 Å². The zero-order chi connectivity index (χ0) is 14.5. The summed E-state index contributed by atoms with van der Waals surface area (Å²) < 4.78 is 0. The van der Waals surface area contributed by atoms with E-state index in [0.29, 0.717) is 11.4 Å². The molecule has 0 amide bonds. The van der Waals surface area contributed by atoms with Crippen LogP contribution in [-0.2, 0) is 0 Å². The molecule has 0 aliphatic carbocycles. The van der Waals surface area contributed by atoms with Gasteiger partial charge in [-0.05, 0) is 29.8 Å². The van der Waals surface area contributed by atoms with Crippen LogP contribution in [0.15, 0.2) is 59.3 Å². The van der Waals surface area contributed by atoms with E-state index in [4.69, 9.17) is 5.11 Å².